The number of nitrogens with zero attached hydrogens (tertiary/aromatic N) is 3. The molecule has 1 unspecified atom stereocenters. The van der Waals surface area contributed by atoms with Crippen LogP contribution >= 0.6 is 0 Å². The summed E-state index contributed by atoms with van der Waals surface area (Å²) in [6, 6.07) is 9.66. The Morgan fingerprint density at radius 1 is 1.16 bits per heavy atom. The molecule has 6 nitrogen and oxygen atoms in total. The topological polar surface area (TPSA) is 73.7 Å². The maximum atomic E-state index is 12.9. The van der Waals surface area contributed by atoms with E-state index in [-0.39, 0.29) is 4.90 Å². The van der Waals surface area contributed by atoms with Crippen LogP contribution in [0.4, 0.5) is 0 Å². The summed E-state index contributed by atoms with van der Waals surface area (Å²) in [6.45, 7) is 5.45. The van der Waals surface area contributed by atoms with Crippen molar-refractivity contribution < 1.29 is 13.5 Å². The highest BCUT2D eigenvalue weighted by Gasteiger charge is 2.32. The number of hydrogen-bond acceptors (Lipinski definition) is 5. The lowest BCUT2D eigenvalue weighted by molar-refractivity contribution is 0.129. The quantitative estimate of drug-likeness (QED) is 0.709. The number of sulfonamides is 1. The number of rotatable bonds is 7. The third-order valence-electron chi connectivity index (χ3n) is 6.80. The number of fused-ring (bicyclic) bond motifs is 1. The van der Waals surface area contributed by atoms with Gasteiger partial charge in [-0.25, -0.2) is 8.42 Å². The molecule has 7 heteroatoms. The Labute approximate surface area is 186 Å². The van der Waals surface area contributed by atoms with E-state index in [0.29, 0.717) is 30.8 Å². The fourth-order valence-electron chi connectivity index (χ4n) is 5.10. The molecule has 31 heavy (non-hydrogen) atoms. The van der Waals surface area contributed by atoms with Crippen LogP contribution in [0.2, 0.25) is 0 Å². The van der Waals surface area contributed by atoms with Gasteiger partial charge in [-0.1, -0.05) is 19.1 Å². The summed E-state index contributed by atoms with van der Waals surface area (Å²) in [7, 11) is -3.45. The average Bonchev–Trinajstić information content (AvgIpc) is 2.80. The molecule has 1 fully saturated rings. The van der Waals surface area contributed by atoms with Gasteiger partial charge in [-0.2, -0.15) is 4.31 Å². The second-order valence-electron chi connectivity index (χ2n) is 8.84. The first kappa shape index (κ1) is 22.2. The predicted molar refractivity (Wildman–Crippen MR) is 122 cm³/mol. The monoisotopic (exact) mass is 443 g/mol. The largest absolute Gasteiger partial charge is 0.508 e. The summed E-state index contributed by atoms with van der Waals surface area (Å²) in [5, 5.41) is 10.1. The van der Waals surface area contributed by atoms with Gasteiger partial charge in [0.1, 0.15) is 10.6 Å². The molecule has 0 amide bonds. The van der Waals surface area contributed by atoms with E-state index in [0.717, 1.165) is 57.2 Å². The first-order chi connectivity index (χ1) is 15.0. The fraction of sp³-hybridized carbons (Fsp3) is 0.542. The van der Waals surface area contributed by atoms with Crippen LogP contribution in [0.5, 0.6) is 5.75 Å². The number of aromatic hydroxyl groups is 1. The van der Waals surface area contributed by atoms with Crippen LogP contribution in [-0.2, 0) is 22.9 Å². The number of piperidine rings is 1. The SMILES string of the molecule is CCCN(CC1CCN(S(=O)(=O)c2cccnc2)CC1)C1CCc2c(O)cccc2C1. The average molecular weight is 444 g/mol. The summed E-state index contributed by atoms with van der Waals surface area (Å²) in [6.07, 6.45) is 8.90. The van der Waals surface area contributed by atoms with E-state index in [9.17, 15) is 13.5 Å². The van der Waals surface area contributed by atoms with Crippen molar-refractivity contribution in [3.63, 3.8) is 0 Å². The van der Waals surface area contributed by atoms with Gasteiger partial charge in [0.05, 0.1) is 0 Å². The molecule has 0 saturated carbocycles. The number of phenols is 1. The van der Waals surface area contributed by atoms with Crippen molar-refractivity contribution >= 4 is 10.0 Å². The van der Waals surface area contributed by atoms with E-state index < -0.39 is 10.0 Å². The summed E-state index contributed by atoms with van der Waals surface area (Å²) in [4.78, 5) is 6.86. The van der Waals surface area contributed by atoms with Crippen molar-refractivity contribution in [2.24, 2.45) is 5.92 Å². The smallest absolute Gasteiger partial charge is 0.244 e. The Balaban J connectivity index is 1.37. The maximum absolute atomic E-state index is 12.9. The van der Waals surface area contributed by atoms with Crippen molar-refractivity contribution in [1.29, 1.82) is 0 Å². The van der Waals surface area contributed by atoms with Crippen molar-refractivity contribution in [3.05, 3.63) is 53.9 Å². The molecule has 2 aromatic rings. The Bertz CT molecular complexity index is 973. The van der Waals surface area contributed by atoms with Crippen LogP contribution in [0.3, 0.4) is 0 Å². The van der Waals surface area contributed by atoms with Gasteiger partial charge in [0.25, 0.3) is 0 Å². The first-order valence-electron chi connectivity index (χ1n) is 11.4. The standard InChI is InChI=1S/C24H33N3O3S/c1-2-13-26(21-8-9-23-20(16-21)5-3-7-24(23)28)18-19-10-14-27(15-11-19)31(29,30)22-6-4-12-25-17-22/h3-7,12,17,19,21,28H,2,8-11,13-16,18H2,1H3. The Hall–Kier alpha value is -1.96. The second-order valence-corrected chi connectivity index (χ2v) is 10.8. The summed E-state index contributed by atoms with van der Waals surface area (Å²) in [5.41, 5.74) is 2.39. The maximum Gasteiger partial charge on any atom is 0.244 e. The molecular weight excluding hydrogens is 410 g/mol. The molecule has 1 aliphatic heterocycles. The molecule has 1 aliphatic carbocycles. The number of aromatic nitrogens is 1. The van der Waals surface area contributed by atoms with Crippen molar-refractivity contribution in [2.45, 2.75) is 56.4 Å². The molecule has 0 spiro atoms. The minimum absolute atomic E-state index is 0.283. The Kier molecular flexibility index (Phi) is 6.94. The van der Waals surface area contributed by atoms with Crippen LogP contribution < -0.4 is 0 Å². The van der Waals surface area contributed by atoms with E-state index in [2.05, 4.69) is 22.9 Å². The molecule has 2 heterocycles. The predicted octanol–water partition coefficient (Wildman–Crippen LogP) is 3.46. The minimum Gasteiger partial charge on any atom is -0.508 e. The zero-order chi connectivity index (χ0) is 21.8. The van der Waals surface area contributed by atoms with Gasteiger partial charge in [-0.15, -0.1) is 0 Å². The highest BCUT2D eigenvalue weighted by atomic mass is 32.2. The van der Waals surface area contributed by atoms with Crippen LogP contribution in [0.15, 0.2) is 47.6 Å². The highest BCUT2D eigenvalue weighted by Crippen LogP contribution is 2.32. The van der Waals surface area contributed by atoms with E-state index >= 15 is 0 Å². The second kappa shape index (κ2) is 9.67. The lowest BCUT2D eigenvalue weighted by Gasteiger charge is -2.39. The van der Waals surface area contributed by atoms with Gasteiger partial charge in [0.15, 0.2) is 0 Å². The zero-order valence-corrected chi connectivity index (χ0v) is 19.1. The number of benzene rings is 1. The lowest BCUT2D eigenvalue weighted by atomic mass is 9.86. The molecule has 1 saturated heterocycles. The van der Waals surface area contributed by atoms with Gasteiger partial charge in [0, 0.05) is 38.1 Å². The molecule has 4 rings (SSSR count). The van der Waals surface area contributed by atoms with Crippen LogP contribution in [0.1, 0.15) is 43.7 Å². The molecule has 1 atom stereocenters. The van der Waals surface area contributed by atoms with Crippen molar-refractivity contribution in [1.82, 2.24) is 14.2 Å². The highest BCUT2D eigenvalue weighted by molar-refractivity contribution is 7.89. The first-order valence-corrected chi connectivity index (χ1v) is 12.9. The number of hydrogen-bond donors (Lipinski definition) is 1. The molecule has 1 aromatic carbocycles. The number of pyridine rings is 1. The van der Waals surface area contributed by atoms with Gasteiger partial charge in [-0.3, -0.25) is 9.88 Å². The van der Waals surface area contributed by atoms with Crippen molar-refractivity contribution in [3.8, 4) is 5.75 Å². The van der Waals surface area contributed by atoms with Gasteiger partial charge < -0.3 is 5.11 Å². The normalized spacial score (nSPS) is 20.6. The van der Waals surface area contributed by atoms with Crippen LogP contribution in [0.25, 0.3) is 0 Å². The molecule has 168 valence electrons. The summed E-state index contributed by atoms with van der Waals surface area (Å²) >= 11 is 0. The van der Waals surface area contributed by atoms with Crippen LogP contribution in [-0.4, -0.2) is 59.9 Å². The van der Waals surface area contributed by atoms with E-state index in [1.54, 1.807) is 28.7 Å². The molecule has 2 aliphatic rings. The van der Waals surface area contributed by atoms with E-state index in [1.165, 1.54) is 11.8 Å². The lowest BCUT2D eigenvalue weighted by Crippen LogP contribution is -2.46. The van der Waals surface area contributed by atoms with E-state index in [4.69, 9.17) is 0 Å². The summed E-state index contributed by atoms with van der Waals surface area (Å²) < 4.78 is 27.3. The molecule has 0 radical (unpaired) electrons. The third-order valence-corrected chi connectivity index (χ3v) is 8.68. The minimum atomic E-state index is -3.45. The molecule has 1 N–H and O–H groups in total. The van der Waals surface area contributed by atoms with E-state index in [1.807, 2.05) is 6.07 Å². The van der Waals surface area contributed by atoms with Crippen molar-refractivity contribution in [2.75, 3.05) is 26.2 Å². The van der Waals surface area contributed by atoms with Gasteiger partial charge in [-0.05, 0) is 80.3 Å². The van der Waals surface area contributed by atoms with Gasteiger partial charge in [0.2, 0.25) is 10.0 Å². The van der Waals surface area contributed by atoms with Crippen LogP contribution in [0, 0.1) is 5.92 Å². The zero-order valence-electron chi connectivity index (χ0n) is 18.3. The Morgan fingerprint density at radius 2 is 1.97 bits per heavy atom. The molecule has 0 bridgehead atoms. The Morgan fingerprint density at radius 3 is 2.68 bits per heavy atom. The fourth-order valence-corrected chi connectivity index (χ4v) is 6.54. The third kappa shape index (κ3) is 4.94. The van der Waals surface area contributed by atoms with Gasteiger partial charge >= 0.3 is 0 Å². The molecule has 1 aromatic heterocycles. The molecular formula is C24H33N3O3S. The number of phenolic OH excluding ortho intramolecular Hbond substituents is 1. The summed E-state index contributed by atoms with van der Waals surface area (Å²) in [5.74, 6) is 0.942.